The number of hydrogen-bond donors (Lipinski definition) is 1. The van der Waals surface area contributed by atoms with Crippen LogP contribution in [-0.4, -0.2) is 47.9 Å². The molecule has 2 aromatic rings. The molecule has 0 radical (unpaired) electrons. The van der Waals surface area contributed by atoms with Crippen molar-refractivity contribution < 1.29 is 24.0 Å². The number of aryl methyl sites for hydroxylation is 1. The number of carbonyl (C=O) groups is 2. The second-order valence-electron chi connectivity index (χ2n) is 8.14. The first-order chi connectivity index (χ1) is 15.6. The number of nitro benzene ring substituents is 1. The standard InChI is InChI=1S/C24H31N3O6/c1-16(2)13-25-24(29)18(4)26(14-19-9-7-6-8-17(19)3)23(28)15-33-20-10-11-21(27(30)31)22(12-20)32-5/h6-12,16,18H,13-15H2,1-5H3,(H,25,29)/t18-/m0/s1. The Morgan fingerprint density at radius 1 is 1.15 bits per heavy atom. The number of carbonyl (C=O) groups excluding carboxylic acids is 2. The first kappa shape index (κ1) is 25.6. The third-order valence-electron chi connectivity index (χ3n) is 5.16. The molecule has 0 aliphatic carbocycles. The molecule has 178 valence electrons. The van der Waals surface area contributed by atoms with Crippen molar-refractivity contribution in [1.29, 1.82) is 0 Å². The molecule has 2 aromatic carbocycles. The Kier molecular flexibility index (Phi) is 9.20. The van der Waals surface area contributed by atoms with Gasteiger partial charge < -0.3 is 19.7 Å². The van der Waals surface area contributed by atoms with E-state index in [0.717, 1.165) is 11.1 Å². The number of nitrogens with zero attached hydrogens (tertiary/aromatic N) is 2. The summed E-state index contributed by atoms with van der Waals surface area (Å²) in [6.07, 6.45) is 0. The van der Waals surface area contributed by atoms with Gasteiger partial charge in [-0.15, -0.1) is 0 Å². The van der Waals surface area contributed by atoms with Gasteiger partial charge in [-0.05, 0) is 37.0 Å². The summed E-state index contributed by atoms with van der Waals surface area (Å²) < 4.78 is 10.6. The summed E-state index contributed by atoms with van der Waals surface area (Å²) >= 11 is 0. The second kappa shape index (κ2) is 11.8. The molecule has 0 fully saturated rings. The number of benzene rings is 2. The number of ether oxygens (including phenoxy) is 2. The predicted molar refractivity (Wildman–Crippen MR) is 124 cm³/mol. The van der Waals surface area contributed by atoms with Gasteiger partial charge in [0.05, 0.1) is 12.0 Å². The molecule has 0 spiro atoms. The molecule has 2 amide bonds. The molecule has 9 nitrogen and oxygen atoms in total. The summed E-state index contributed by atoms with van der Waals surface area (Å²) in [5, 5.41) is 13.9. The molecular weight excluding hydrogens is 426 g/mol. The highest BCUT2D eigenvalue weighted by atomic mass is 16.6. The van der Waals surface area contributed by atoms with E-state index in [2.05, 4.69) is 5.32 Å². The molecule has 0 aromatic heterocycles. The Hall–Kier alpha value is -3.62. The number of hydrogen-bond acceptors (Lipinski definition) is 6. The third kappa shape index (κ3) is 7.20. The molecule has 0 saturated heterocycles. The number of nitrogens with one attached hydrogen (secondary N) is 1. The maximum Gasteiger partial charge on any atom is 0.311 e. The minimum Gasteiger partial charge on any atom is -0.490 e. The van der Waals surface area contributed by atoms with Gasteiger partial charge in [0.15, 0.2) is 6.61 Å². The van der Waals surface area contributed by atoms with Crippen LogP contribution in [0.2, 0.25) is 0 Å². The van der Waals surface area contributed by atoms with Crippen LogP contribution < -0.4 is 14.8 Å². The average Bonchev–Trinajstić information content (AvgIpc) is 2.79. The van der Waals surface area contributed by atoms with Crippen LogP contribution in [0.5, 0.6) is 11.5 Å². The van der Waals surface area contributed by atoms with Crippen molar-refractivity contribution >= 4 is 17.5 Å². The zero-order valence-electron chi connectivity index (χ0n) is 19.7. The van der Waals surface area contributed by atoms with Crippen molar-refractivity contribution in [3.8, 4) is 11.5 Å². The van der Waals surface area contributed by atoms with E-state index in [4.69, 9.17) is 9.47 Å². The van der Waals surface area contributed by atoms with Crippen LogP contribution in [-0.2, 0) is 16.1 Å². The largest absolute Gasteiger partial charge is 0.490 e. The first-order valence-corrected chi connectivity index (χ1v) is 10.7. The molecule has 33 heavy (non-hydrogen) atoms. The Labute approximate surface area is 193 Å². The Morgan fingerprint density at radius 2 is 1.85 bits per heavy atom. The van der Waals surface area contributed by atoms with Crippen LogP contribution in [0.1, 0.15) is 31.9 Å². The van der Waals surface area contributed by atoms with Crippen molar-refractivity contribution in [3.63, 3.8) is 0 Å². The van der Waals surface area contributed by atoms with Crippen LogP contribution >= 0.6 is 0 Å². The minimum absolute atomic E-state index is 0.0307. The quantitative estimate of drug-likeness (QED) is 0.409. The molecule has 0 aliphatic heterocycles. The fourth-order valence-electron chi connectivity index (χ4n) is 3.13. The molecule has 0 saturated carbocycles. The number of rotatable bonds is 11. The molecule has 1 atom stereocenters. The Bertz CT molecular complexity index is 992. The summed E-state index contributed by atoms with van der Waals surface area (Å²) in [6, 6.07) is 11.0. The van der Waals surface area contributed by atoms with Gasteiger partial charge in [0, 0.05) is 25.2 Å². The third-order valence-corrected chi connectivity index (χ3v) is 5.16. The summed E-state index contributed by atoms with van der Waals surface area (Å²) in [6.45, 7) is 8.03. The molecular formula is C24H31N3O6. The number of nitro groups is 1. The second-order valence-corrected chi connectivity index (χ2v) is 8.14. The zero-order valence-corrected chi connectivity index (χ0v) is 19.7. The summed E-state index contributed by atoms with van der Waals surface area (Å²) in [7, 11) is 1.32. The average molecular weight is 458 g/mol. The highest BCUT2D eigenvalue weighted by molar-refractivity contribution is 5.88. The minimum atomic E-state index is -0.717. The van der Waals surface area contributed by atoms with Crippen LogP contribution in [0.15, 0.2) is 42.5 Å². The topological polar surface area (TPSA) is 111 Å². The molecule has 2 rings (SSSR count). The van der Waals surface area contributed by atoms with Crippen molar-refractivity contribution in [3.05, 3.63) is 63.7 Å². The van der Waals surface area contributed by atoms with E-state index in [1.165, 1.54) is 30.2 Å². The highest BCUT2D eigenvalue weighted by Crippen LogP contribution is 2.30. The lowest BCUT2D eigenvalue weighted by Crippen LogP contribution is -2.49. The van der Waals surface area contributed by atoms with Crippen LogP contribution in [0.3, 0.4) is 0 Å². The van der Waals surface area contributed by atoms with Gasteiger partial charge in [-0.25, -0.2) is 0 Å². The fraction of sp³-hybridized carbons (Fsp3) is 0.417. The molecule has 0 heterocycles. The lowest BCUT2D eigenvalue weighted by Gasteiger charge is -2.29. The SMILES string of the molecule is COc1cc(OCC(=O)N(Cc2ccccc2C)[C@@H](C)C(=O)NCC(C)C)ccc1[N+](=O)[O-]. The van der Waals surface area contributed by atoms with Gasteiger partial charge in [-0.3, -0.25) is 19.7 Å². The van der Waals surface area contributed by atoms with Crippen molar-refractivity contribution in [2.24, 2.45) is 5.92 Å². The molecule has 0 bridgehead atoms. The molecule has 1 N–H and O–H groups in total. The van der Waals surface area contributed by atoms with Crippen molar-refractivity contribution in [2.45, 2.75) is 40.3 Å². The van der Waals surface area contributed by atoms with Gasteiger partial charge in [-0.1, -0.05) is 38.1 Å². The summed E-state index contributed by atoms with van der Waals surface area (Å²) in [5.41, 5.74) is 1.73. The Morgan fingerprint density at radius 3 is 2.45 bits per heavy atom. The van der Waals surface area contributed by atoms with Crippen molar-refractivity contribution in [2.75, 3.05) is 20.3 Å². The normalized spacial score (nSPS) is 11.6. The first-order valence-electron chi connectivity index (χ1n) is 10.7. The monoisotopic (exact) mass is 457 g/mol. The molecule has 9 heteroatoms. The van der Waals surface area contributed by atoms with Gasteiger partial charge in [0.1, 0.15) is 11.8 Å². The van der Waals surface area contributed by atoms with E-state index in [-0.39, 0.29) is 48.1 Å². The maximum atomic E-state index is 13.1. The fourth-order valence-corrected chi connectivity index (χ4v) is 3.13. The summed E-state index contributed by atoms with van der Waals surface area (Å²) in [5.74, 6) is -0.0748. The van der Waals surface area contributed by atoms with E-state index in [1.807, 2.05) is 45.0 Å². The van der Waals surface area contributed by atoms with E-state index in [1.54, 1.807) is 6.92 Å². The van der Waals surface area contributed by atoms with E-state index in [9.17, 15) is 19.7 Å². The molecule has 0 unspecified atom stereocenters. The number of amides is 2. The Balaban J connectivity index is 2.19. The predicted octanol–water partition coefficient (Wildman–Crippen LogP) is 3.48. The summed E-state index contributed by atoms with van der Waals surface area (Å²) in [4.78, 5) is 37.8. The maximum absolute atomic E-state index is 13.1. The van der Waals surface area contributed by atoms with Crippen LogP contribution in [0.4, 0.5) is 5.69 Å². The van der Waals surface area contributed by atoms with Gasteiger partial charge in [-0.2, -0.15) is 0 Å². The van der Waals surface area contributed by atoms with Crippen molar-refractivity contribution in [1.82, 2.24) is 10.2 Å². The van der Waals surface area contributed by atoms with Crippen LogP contribution in [0.25, 0.3) is 0 Å². The number of methoxy groups -OCH3 is 1. The highest BCUT2D eigenvalue weighted by Gasteiger charge is 2.27. The van der Waals surface area contributed by atoms with Gasteiger partial charge in [0.25, 0.3) is 5.91 Å². The van der Waals surface area contributed by atoms with E-state index >= 15 is 0 Å². The zero-order chi connectivity index (χ0) is 24.5. The lowest BCUT2D eigenvalue weighted by molar-refractivity contribution is -0.385. The van der Waals surface area contributed by atoms with E-state index < -0.39 is 11.0 Å². The molecule has 0 aliphatic rings. The van der Waals surface area contributed by atoms with Gasteiger partial charge >= 0.3 is 5.69 Å². The smallest absolute Gasteiger partial charge is 0.311 e. The van der Waals surface area contributed by atoms with Gasteiger partial charge in [0.2, 0.25) is 11.7 Å². The van der Waals surface area contributed by atoms with E-state index in [0.29, 0.717) is 6.54 Å². The van der Waals surface area contributed by atoms with Crippen LogP contribution in [0, 0.1) is 23.0 Å². The lowest BCUT2D eigenvalue weighted by atomic mass is 10.1.